The van der Waals surface area contributed by atoms with E-state index in [1.807, 2.05) is 6.07 Å². The van der Waals surface area contributed by atoms with Crippen molar-refractivity contribution >= 4 is 26.8 Å². The van der Waals surface area contributed by atoms with Crippen LogP contribution in [0.1, 0.15) is 26.2 Å². The molecule has 1 aromatic carbocycles. The van der Waals surface area contributed by atoms with Crippen LogP contribution in [0.2, 0.25) is 0 Å². The minimum Gasteiger partial charge on any atom is -0.370 e. The maximum absolute atomic E-state index is 12.7. The third-order valence-electron chi connectivity index (χ3n) is 3.66. The fourth-order valence-corrected chi connectivity index (χ4v) is 3.77. The molecule has 0 bridgehead atoms. The van der Waals surface area contributed by atoms with Crippen LogP contribution >= 0.6 is 0 Å². The van der Waals surface area contributed by atoms with Crippen LogP contribution < -0.4 is 16.2 Å². The molecular weight excluding hydrogens is 326 g/mol. The summed E-state index contributed by atoms with van der Waals surface area (Å²) in [5.41, 5.74) is 10.9. The fraction of sp³-hybridized carbons (Fsp3) is 0.375. The lowest BCUT2D eigenvalue weighted by atomic mass is 10.1. The summed E-state index contributed by atoms with van der Waals surface area (Å²) >= 11 is 0. The van der Waals surface area contributed by atoms with Crippen molar-refractivity contribution in [2.24, 2.45) is 16.5 Å². The number of benzene rings is 1. The number of aliphatic imine (C=N–C) groups is 1. The van der Waals surface area contributed by atoms with Crippen LogP contribution in [0.3, 0.4) is 0 Å². The average molecular weight is 349 g/mol. The maximum Gasteiger partial charge on any atom is 0.241 e. The van der Waals surface area contributed by atoms with E-state index in [2.05, 4.69) is 21.6 Å². The maximum atomic E-state index is 12.7. The van der Waals surface area contributed by atoms with E-state index < -0.39 is 10.0 Å². The molecule has 2 aromatic rings. The van der Waals surface area contributed by atoms with Gasteiger partial charge >= 0.3 is 0 Å². The number of aromatic nitrogens is 1. The summed E-state index contributed by atoms with van der Waals surface area (Å²) in [7, 11) is -3.67. The molecule has 0 saturated heterocycles. The zero-order valence-electron chi connectivity index (χ0n) is 13.6. The van der Waals surface area contributed by atoms with E-state index in [0.29, 0.717) is 5.39 Å². The number of sulfonamides is 1. The van der Waals surface area contributed by atoms with E-state index in [4.69, 9.17) is 11.5 Å². The van der Waals surface area contributed by atoms with Crippen molar-refractivity contribution in [2.75, 3.05) is 6.54 Å². The Balaban J connectivity index is 2.22. The standard InChI is InChI=1S/C16H23N5O2S/c1-2-3-6-13(21-16(17)18)11-20-24(22,23)15-7-4-5-12-10-19-9-8-14(12)15/h4-5,7-10,13,20H,2-3,6,11H2,1H3,(H4,17,18,21). The van der Waals surface area contributed by atoms with Gasteiger partial charge in [-0.25, -0.2) is 18.1 Å². The van der Waals surface area contributed by atoms with Gasteiger partial charge in [-0.2, -0.15) is 0 Å². The van der Waals surface area contributed by atoms with Crippen molar-refractivity contribution in [1.29, 1.82) is 0 Å². The first kappa shape index (κ1) is 18.2. The molecule has 8 heteroatoms. The molecule has 0 aliphatic carbocycles. The van der Waals surface area contributed by atoms with Crippen molar-refractivity contribution in [3.63, 3.8) is 0 Å². The van der Waals surface area contributed by atoms with Crippen molar-refractivity contribution < 1.29 is 8.42 Å². The molecule has 24 heavy (non-hydrogen) atoms. The van der Waals surface area contributed by atoms with Gasteiger partial charge in [0.1, 0.15) is 0 Å². The van der Waals surface area contributed by atoms with Gasteiger partial charge < -0.3 is 11.5 Å². The number of hydrogen-bond donors (Lipinski definition) is 3. The van der Waals surface area contributed by atoms with Crippen LogP contribution in [-0.2, 0) is 10.0 Å². The Morgan fingerprint density at radius 2 is 2.12 bits per heavy atom. The van der Waals surface area contributed by atoms with Gasteiger partial charge in [-0.3, -0.25) is 4.98 Å². The van der Waals surface area contributed by atoms with Crippen molar-refractivity contribution in [1.82, 2.24) is 9.71 Å². The van der Waals surface area contributed by atoms with Gasteiger partial charge in [0.15, 0.2) is 5.96 Å². The van der Waals surface area contributed by atoms with Crippen molar-refractivity contribution in [2.45, 2.75) is 37.1 Å². The summed E-state index contributed by atoms with van der Waals surface area (Å²) in [4.78, 5) is 8.35. The molecule has 130 valence electrons. The molecule has 1 heterocycles. The van der Waals surface area contributed by atoms with Crippen LogP contribution in [0.5, 0.6) is 0 Å². The number of nitrogens with two attached hydrogens (primary N) is 2. The minimum absolute atomic E-state index is 0.0356. The average Bonchev–Trinajstić information content (AvgIpc) is 2.56. The predicted octanol–water partition coefficient (Wildman–Crippen LogP) is 1.35. The highest BCUT2D eigenvalue weighted by atomic mass is 32.2. The van der Waals surface area contributed by atoms with E-state index in [9.17, 15) is 8.42 Å². The minimum atomic E-state index is -3.67. The molecule has 0 aliphatic rings. The number of guanidine groups is 1. The second-order valence-electron chi connectivity index (χ2n) is 5.55. The lowest BCUT2D eigenvalue weighted by molar-refractivity contribution is 0.544. The Bertz CT molecular complexity index is 811. The molecule has 1 aromatic heterocycles. The molecule has 0 radical (unpaired) electrons. The topological polar surface area (TPSA) is 123 Å². The smallest absolute Gasteiger partial charge is 0.241 e. The second kappa shape index (κ2) is 8.07. The van der Waals surface area contributed by atoms with Crippen LogP contribution in [0, 0.1) is 0 Å². The van der Waals surface area contributed by atoms with E-state index in [0.717, 1.165) is 24.6 Å². The molecule has 0 aliphatic heterocycles. The van der Waals surface area contributed by atoms with E-state index in [-0.39, 0.29) is 23.4 Å². The Morgan fingerprint density at radius 3 is 2.83 bits per heavy atom. The summed E-state index contributed by atoms with van der Waals surface area (Å²) in [6.45, 7) is 2.21. The highest BCUT2D eigenvalue weighted by Crippen LogP contribution is 2.21. The molecule has 0 saturated carbocycles. The van der Waals surface area contributed by atoms with Gasteiger partial charge in [0.25, 0.3) is 0 Å². The highest BCUT2D eigenvalue weighted by Gasteiger charge is 2.19. The highest BCUT2D eigenvalue weighted by molar-refractivity contribution is 7.89. The number of fused-ring (bicyclic) bond motifs is 1. The predicted molar refractivity (Wildman–Crippen MR) is 96.1 cm³/mol. The number of nitrogens with zero attached hydrogens (tertiary/aromatic N) is 2. The largest absolute Gasteiger partial charge is 0.370 e. The van der Waals surface area contributed by atoms with Crippen LogP contribution in [-0.4, -0.2) is 31.9 Å². The summed E-state index contributed by atoms with van der Waals surface area (Å²) in [5, 5.41) is 1.40. The lowest BCUT2D eigenvalue weighted by Crippen LogP contribution is -2.34. The number of unbranched alkanes of at least 4 members (excludes halogenated alkanes) is 1. The monoisotopic (exact) mass is 349 g/mol. The quantitative estimate of drug-likeness (QED) is 0.490. The Hall–Kier alpha value is -2.19. The van der Waals surface area contributed by atoms with Gasteiger partial charge in [-0.15, -0.1) is 0 Å². The van der Waals surface area contributed by atoms with Gasteiger partial charge in [0.05, 0.1) is 10.9 Å². The molecule has 0 amide bonds. The summed E-state index contributed by atoms with van der Waals surface area (Å²) in [5.74, 6) is -0.0356. The number of hydrogen-bond acceptors (Lipinski definition) is 4. The van der Waals surface area contributed by atoms with E-state index in [1.54, 1.807) is 30.6 Å². The van der Waals surface area contributed by atoms with Gasteiger partial charge in [-0.05, 0) is 18.6 Å². The van der Waals surface area contributed by atoms with Crippen LogP contribution in [0.25, 0.3) is 10.8 Å². The van der Waals surface area contributed by atoms with Crippen LogP contribution in [0.4, 0.5) is 0 Å². The molecule has 1 atom stereocenters. The molecule has 5 N–H and O–H groups in total. The normalized spacial score (nSPS) is 12.9. The molecule has 7 nitrogen and oxygen atoms in total. The summed E-state index contributed by atoms with van der Waals surface area (Å²) in [6, 6.07) is 6.51. The number of nitrogens with one attached hydrogen (secondary N) is 1. The lowest BCUT2D eigenvalue weighted by Gasteiger charge is -2.15. The van der Waals surface area contributed by atoms with Crippen molar-refractivity contribution in [3.8, 4) is 0 Å². The SMILES string of the molecule is CCCCC(CNS(=O)(=O)c1cccc2cnccc12)N=C(N)N. The summed E-state index contributed by atoms with van der Waals surface area (Å²) in [6.07, 6.45) is 5.84. The van der Waals surface area contributed by atoms with Crippen LogP contribution in [0.15, 0.2) is 46.5 Å². The second-order valence-corrected chi connectivity index (χ2v) is 7.29. The van der Waals surface area contributed by atoms with E-state index >= 15 is 0 Å². The third-order valence-corrected chi connectivity index (χ3v) is 5.14. The Morgan fingerprint density at radius 1 is 1.33 bits per heavy atom. The van der Waals surface area contributed by atoms with Gasteiger partial charge in [0, 0.05) is 29.7 Å². The Labute approximate surface area is 142 Å². The molecular formula is C16H23N5O2S. The molecule has 2 rings (SSSR count). The molecule has 1 unspecified atom stereocenters. The zero-order chi connectivity index (χ0) is 17.6. The van der Waals surface area contributed by atoms with Crippen molar-refractivity contribution in [3.05, 3.63) is 36.7 Å². The fourth-order valence-electron chi connectivity index (χ4n) is 2.47. The first-order chi connectivity index (χ1) is 11.4. The number of rotatable bonds is 8. The molecule has 0 fully saturated rings. The van der Waals surface area contributed by atoms with E-state index in [1.165, 1.54) is 0 Å². The Kier molecular flexibility index (Phi) is 6.10. The third kappa shape index (κ3) is 4.65. The summed E-state index contributed by atoms with van der Waals surface area (Å²) < 4.78 is 28.0. The number of pyridine rings is 1. The van der Waals surface area contributed by atoms with Gasteiger partial charge in [-0.1, -0.05) is 31.9 Å². The first-order valence-corrected chi connectivity index (χ1v) is 9.33. The van der Waals surface area contributed by atoms with Gasteiger partial charge in [0.2, 0.25) is 10.0 Å². The zero-order valence-corrected chi connectivity index (χ0v) is 14.5. The molecule has 0 spiro atoms. The first-order valence-electron chi connectivity index (χ1n) is 7.85.